The lowest BCUT2D eigenvalue weighted by atomic mass is 10.0. The number of phenols is 1. The number of hydrogen-bond acceptors (Lipinski definition) is 7. The summed E-state index contributed by atoms with van der Waals surface area (Å²) in [6.45, 7) is 6.69. The van der Waals surface area contributed by atoms with Crippen molar-refractivity contribution in [1.82, 2.24) is 0 Å². The molecule has 0 saturated carbocycles. The maximum Gasteiger partial charge on any atom is 0.338 e. The summed E-state index contributed by atoms with van der Waals surface area (Å²) in [7, 11) is 0. The monoisotopic (exact) mass is 451 g/mol. The Morgan fingerprint density at radius 3 is 2.61 bits per heavy atom. The van der Waals surface area contributed by atoms with Gasteiger partial charge in [-0.25, -0.2) is 4.79 Å². The number of unbranched alkanes of at least 4 members (excludes halogenated alkanes) is 1. The second kappa shape index (κ2) is 10.7. The number of fused-ring (bicyclic) bond motifs is 2. The first-order valence-corrected chi connectivity index (χ1v) is 10.9. The fraction of sp³-hybridized carbons (Fsp3) is 0.308. The standard InChI is InChI=1S/C15H14O4.C11H15NO2/c1-8-3-4-10-12(18-7-8)6-13-14(15(10)17)11(16)5-9(2)19-13;1-2-3-8-14-11(13)9-4-6-10(12)7-5-9/h3,5-6,17H,4,7H2,1-2H3;4-7H,2-3,8,12H2,1H3. The van der Waals surface area contributed by atoms with Crippen molar-refractivity contribution in [3.8, 4) is 11.5 Å². The van der Waals surface area contributed by atoms with Crippen molar-refractivity contribution in [3.05, 3.63) is 75.2 Å². The molecular formula is C26H29NO6. The predicted octanol–water partition coefficient (Wildman–Crippen LogP) is 4.91. The molecule has 1 aliphatic rings. The summed E-state index contributed by atoms with van der Waals surface area (Å²) >= 11 is 0. The molecule has 2 heterocycles. The highest BCUT2D eigenvalue weighted by molar-refractivity contribution is 5.89. The highest BCUT2D eigenvalue weighted by Crippen LogP contribution is 2.37. The molecular weight excluding hydrogens is 422 g/mol. The van der Waals surface area contributed by atoms with Crippen LogP contribution in [0.25, 0.3) is 11.0 Å². The number of carbonyl (C=O) groups is 1. The van der Waals surface area contributed by atoms with Crippen molar-refractivity contribution < 1.29 is 23.8 Å². The summed E-state index contributed by atoms with van der Waals surface area (Å²) in [5, 5.41) is 10.5. The number of anilines is 1. The van der Waals surface area contributed by atoms with Gasteiger partial charge in [-0.15, -0.1) is 0 Å². The van der Waals surface area contributed by atoms with Crippen LogP contribution in [0.4, 0.5) is 5.69 Å². The van der Waals surface area contributed by atoms with Gasteiger partial charge in [-0.3, -0.25) is 4.79 Å². The molecule has 1 aromatic heterocycles. The van der Waals surface area contributed by atoms with Crippen LogP contribution < -0.4 is 15.9 Å². The number of allylic oxidation sites excluding steroid dienone is 1. The highest BCUT2D eigenvalue weighted by Gasteiger charge is 2.19. The van der Waals surface area contributed by atoms with E-state index < -0.39 is 0 Å². The second-order valence-electron chi connectivity index (χ2n) is 7.95. The van der Waals surface area contributed by atoms with Gasteiger partial charge in [0.05, 0.1) is 12.2 Å². The molecule has 7 heteroatoms. The van der Waals surface area contributed by atoms with Crippen molar-refractivity contribution in [1.29, 1.82) is 0 Å². The Morgan fingerprint density at radius 1 is 1.18 bits per heavy atom. The van der Waals surface area contributed by atoms with Crippen LogP contribution in [-0.4, -0.2) is 24.3 Å². The number of nitrogen functional groups attached to an aromatic ring is 1. The van der Waals surface area contributed by atoms with Gasteiger partial charge in [0.1, 0.15) is 34.8 Å². The molecule has 174 valence electrons. The van der Waals surface area contributed by atoms with Gasteiger partial charge in [-0.2, -0.15) is 0 Å². The van der Waals surface area contributed by atoms with E-state index in [0.717, 1.165) is 18.4 Å². The van der Waals surface area contributed by atoms with E-state index in [0.29, 0.717) is 53.5 Å². The molecule has 0 radical (unpaired) electrons. The highest BCUT2D eigenvalue weighted by atomic mass is 16.5. The molecule has 0 fully saturated rings. The van der Waals surface area contributed by atoms with Crippen molar-refractivity contribution >= 4 is 22.6 Å². The Balaban J connectivity index is 0.000000196. The minimum atomic E-state index is -0.279. The van der Waals surface area contributed by atoms with E-state index in [-0.39, 0.29) is 22.5 Å². The average molecular weight is 452 g/mol. The molecule has 2 aromatic carbocycles. The number of phenolic OH excluding ortho intramolecular Hbond substituents is 1. The number of esters is 1. The van der Waals surface area contributed by atoms with Gasteiger partial charge in [-0.1, -0.05) is 19.4 Å². The van der Waals surface area contributed by atoms with Crippen LogP contribution in [0.2, 0.25) is 0 Å². The summed E-state index contributed by atoms with van der Waals surface area (Å²) < 4.78 is 16.2. The Morgan fingerprint density at radius 2 is 1.91 bits per heavy atom. The number of aryl methyl sites for hydroxylation is 1. The van der Waals surface area contributed by atoms with E-state index in [1.807, 2.05) is 13.0 Å². The molecule has 0 aliphatic carbocycles. The van der Waals surface area contributed by atoms with Crippen LogP contribution in [0.3, 0.4) is 0 Å². The third-order valence-corrected chi connectivity index (χ3v) is 5.17. The first kappa shape index (κ1) is 23.9. The fourth-order valence-electron chi connectivity index (χ4n) is 3.31. The fourth-order valence-corrected chi connectivity index (χ4v) is 3.31. The number of benzene rings is 2. The van der Waals surface area contributed by atoms with E-state index in [4.69, 9.17) is 19.6 Å². The quantitative estimate of drug-likeness (QED) is 0.251. The summed E-state index contributed by atoms with van der Waals surface area (Å²) in [4.78, 5) is 23.3. The minimum absolute atomic E-state index is 0.0350. The lowest BCUT2D eigenvalue weighted by Crippen LogP contribution is -2.06. The Hall–Kier alpha value is -3.74. The zero-order valence-corrected chi connectivity index (χ0v) is 19.1. The summed E-state index contributed by atoms with van der Waals surface area (Å²) in [5.74, 6) is 0.775. The summed E-state index contributed by atoms with van der Waals surface area (Å²) in [6, 6.07) is 9.79. The smallest absolute Gasteiger partial charge is 0.338 e. The van der Waals surface area contributed by atoms with E-state index in [9.17, 15) is 14.7 Å². The molecule has 3 aromatic rings. The molecule has 1 aliphatic heterocycles. The summed E-state index contributed by atoms with van der Waals surface area (Å²) in [6.07, 6.45) is 4.47. The van der Waals surface area contributed by atoms with Crippen LogP contribution in [-0.2, 0) is 11.2 Å². The number of nitrogens with two attached hydrogens (primary N) is 1. The molecule has 7 nitrogen and oxygen atoms in total. The zero-order chi connectivity index (χ0) is 24.0. The van der Waals surface area contributed by atoms with Gasteiger partial charge in [0.2, 0.25) is 0 Å². The molecule has 0 unspecified atom stereocenters. The van der Waals surface area contributed by atoms with Crippen LogP contribution >= 0.6 is 0 Å². The van der Waals surface area contributed by atoms with Gasteiger partial charge < -0.3 is 24.7 Å². The van der Waals surface area contributed by atoms with Crippen LogP contribution in [0.15, 0.2) is 57.3 Å². The number of ether oxygens (including phenoxy) is 2. The third kappa shape index (κ3) is 5.94. The van der Waals surface area contributed by atoms with E-state index in [1.54, 1.807) is 37.3 Å². The van der Waals surface area contributed by atoms with Crippen molar-refractivity contribution in [2.75, 3.05) is 18.9 Å². The molecule has 0 saturated heterocycles. The molecule has 0 amide bonds. The van der Waals surface area contributed by atoms with Crippen molar-refractivity contribution in [2.45, 2.75) is 40.0 Å². The maximum absolute atomic E-state index is 12.0. The van der Waals surface area contributed by atoms with Gasteiger partial charge in [0.15, 0.2) is 5.43 Å². The number of rotatable bonds is 4. The molecule has 0 bridgehead atoms. The SMILES string of the molecule is CC1=CCc2c(cc3oc(C)cc(=O)c3c2O)OC1.CCCCOC(=O)c1ccc(N)cc1. The topological polar surface area (TPSA) is 112 Å². The van der Waals surface area contributed by atoms with Gasteiger partial charge >= 0.3 is 5.97 Å². The lowest BCUT2D eigenvalue weighted by Gasteiger charge is -2.11. The average Bonchev–Trinajstić information content (AvgIpc) is 2.96. The first-order valence-electron chi connectivity index (χ1n) is 10.9. The van der Waals surface area contributed by atoms with E-state index >= 15 is 0 Å². The zero-order valence-electron chi connectivity index (χ0n) is 19.1. The first-order chi connectivity index (χ1) is 15.8. The largest absolute Gasteiger partial charge is 0.507 e. The van der Waals surface area contributed by atoms with E-state index in [1.165, 1.54) is 6.07 Å². The Labute approximate surface area is 192 Å². The molecule has 33 heavy (non-hydrogen) atoms. The van der Waals surface area contributed by atoms with Crippen LogP contribution in [0, 0.1) is 6.92 Å². The van der Waals surface area contributed by atoms with Crippen LogP contribution in [0.1, 0.15) is 48.4 Å². The second-order valence-corrected chi connectivity index (χ2v) is 7.95. The maximum atomic E-state index is 12.0. The number of aromatic hydroxyl groups is 1. The lowest BCUT2D eigenvalue weighted by molar-refractivity contribution is 0.0500. The van der Waals surface area contributed by atoms with Crippen LogP contribution in [0.5, 0.6) is 11.5 Å². The molecule has 0 atom stereocenters. The Kier molecular flexibility index (Phi) is 7.77. The van der Waals surface area contributed by atoms with Crippen molar-refractivity contribution in [2.24, 2.45) is 0 Å². The summed E-state index contributed by atoms with van der Waals surface area (Å²) in [5.41, 5.74) is 8.56. The number of carbonyl (C=O) groups excluding carboxylic acids is 1. The molecule has 4 rings (SSSR count). The Bertz CT molecular complexity index is 1220. The molecule has 3 N–H and O–H groups in total. The van der Waals surface area contributed by atoms with Crippen molar-refractivity contribution in [3.63, 3.8) is 0 Å². The normalized spacial score (nSPS) is 12.5. The minimum Gasteiger partial charge on any atom is -0.507 e. The molecule has 0 spiro atoms. The predicted molar refractivity (Wildman–Crippen MR) is 128 cm³/mol. The number of hydrogen-bond donors (Lipinski definition) is 2. The van der Waals surface area contributed by atoms with Gasteiger partial charge in [-0.05, 0) is 56.5 Å². The van der Waals surface area contributed by atoms with E-state index in [2.05, 4.69) is 6.92 Å². The van der Waals surface area contributed by atoms with Gasteiger partial charge in [0, 0.05) is 23.4 Å². The third-order valence-electron chi connectivity index (χ3n) is 5.17. The van der Waals surface area contributed by atoms with Gasteiger partial charge in [0.25, 0.3) is 0 Å².